The SMILES string of the molecule is CN(CCC(=O)O)Cc1cccc(C(=O)Nc2ccc(N3CCCCC3)cc2C(=O)c2cnn(-c3ccc(Cl)c(C(F)(F)F)c3)c2)c1. The average molecular weight is 668 g/mol. The molecule has 47 heavy (non-hydrogen) atoms. The summed E-state index contributed by atoms with van der Waals surface area (Å²) >= 11 is 5.78. The van der Waals surface area contributed by atoms with Gasteiger partial charge in [0, 0.05) is 49.2 Å². The molecule has 0 radical (unpaired) electrons. The zero-order valence-corrected chi connectivity index (χ0v) is 26.3. The fraction of sp³-hybridized carbons (Fsp3) is 0.294. The molecule has 2 heterocycles. The Kier molecular flexibility index (Phi) is 10.3. The van der Waals surface area contributed by atoms with Crippen LogP contribution in [0.4, 0.5) is 24.5 Å². The van der Waals surface area contributed by atoms with Gasteiger partial charge in [-0.05, 0) is 80.4 Å². The molecule has 0 unspecified atom stereocenters. The van der Waals surface area contributed by atoms with Gasteiger partial charge in [-0.3, -0.25) is 14.4 Å². The number of carbonyl (C=O) groups excluding carboxylic acids is 2. The van der Waals surface area contributed by atoms with Crippen LogP contribution in [0.3, 0.4) is 0 Å². The fourth-order valence-electron chi connectivity index (χ4n) is 5.47. The van der Waals surface area contributed by atoms with Crippen molar-refractivity contribution in [2.45, 2.75) is 38.4 Å². The standard InChI is InChI=1S/C34H33ClF3N5O4/c1-41(15-12-31(44)45)20-22-6-5-7-23(16-22)33(47)40-30-11-9-25(42-13-3-2-4-14-42)17-27(30)32(46)24-19-39-43(21-24)26-8-10-29(35)28(18-26)34(36,37)38/h5-11,16-19,21H,2-4,12-15,20H2,1H3,(H,40,47)(H,44,45). The lowest BCUT2D eigenvalue weighted by molar-refractivity contribution is -0.138. The number of rotatable bonds is 11. The number of aliphatic carboxylic acids is 1. The quantitative estimate of drug-likeness (QED) is 0.167. The first-order valence-corrected chi connectivity index (χ1v) is 15.4. The smallest absolute Gasteiger partial charge is 0.417 e. The lowest BCUT2D eigenvalue weighted by Gasteiger charge is -2.29. The zero-order chi connectivity index (χ0) is 33.7. The van der Waals surface area contributed by atoms with E-state index in [-0.39, 0.29) is 28.9 Å². The van der Waals surface area contributed by atoms with Crippen molar-refractivity contribution in [1.29, 1.82) is 0 Å². The summed E-state index contributed by atoms with van der Waals surface area (Å²) in [6.07, 6.45) is 1.08. The van der Waals surface area contributed by atoms with E-state index in [1.807, 2.05) is 17.0 Å². The Balaban J connectivity index is 1.43. The van der Waals surface area contributed by atoms with Crippen LogP contribution in [-0.2, 0) is 17.5 Å². The van der Waals surface area contributed by atoms with Crippen LogP contribution in [0.5, 0.6) is 0 Å². The summed E-state index contributed by atoms with van der Waals surface area (Å²) in [4.78, 5) is 42.3. The highest BCUT2D eigenvalue weighted by atomic mass is 35.5. The molecule has 3 aromatic carbocycles. The Bertz CT molecular complexity index is 1790. The van der Waals surface area contributed by atoms with E-state index in [4.69, 9.17) is 16.7 Å². The molecule has 0 spiro atoms. The van der Waals surface area contributed by atoms with E-state index in [0.717, 1.165) is 55.7 Å². The molecule has 1 amide bonds. The van der Waals surface area contributed by atoms with Gasteiger partial charge < -0.3 is 20.2 Å². The number of carboxylic acids is 1. The number of benzene rings is 3. The van der Waals surface area contributed by atoms with Gasteiger partial charge in [0.2, 0.25) is 0 Å². The van der Waals surface area contributed by atoms with Gasteiger partial charge in [-0.1, -0.05) is 23.7 Å². The summed E-state index contributed by atoms with van der Waals surface area (Å²) in [6, 6.07) is 15.5. The molecule has 5 rings (SSSR count). The molecule has 1 aliphatic heterocycles. The second-order valence-electron chi connectivity index (χ2n) is 11.5. The van der Waals surface area contributed by atoms with Crippen molar-refractivity contribution in [1.82, 2.24) is 14.7 Å². The maximum Gasteiger partial charge on any atom is 0.417 e. The number of carbonyl (C=O) groups is 3. The number of hydrogen-bond acceptors (Lipinski definition) is 6. The number of hydrogen-bond donors (Lipinski definition) is 2. The second kappa shape index (κ2) is 14.4. The molecule has 0 saturated carbocycles. The lowest BCUT2D eigenvalue weighted by Crippen LogP contribution is -2.29. The van der Waals surface area contributed by atoms with E-state index in [1.54, 1.807) is 37.4 Å². The van der Waals surface area contributed by atoms with Gasteiger partial charge in [-0.2, -0.15) is 18.3 Å². The number of piperidine rings is 1. The number of carboxylic acid groups (broad SMARTS) is 1. The van der Waals surface area contributed by atoms with E-state index in [0.29, 0.717) is 18.7 Å². The van der Waals surface area contributed by atoms with Gasteiger partial charge >= 0.3 is 12.1 Å². The van der Waals surface area contributed by atoms with Crippen molar-refractivity contribution < 1.29 is 32.7 Å². The highest BCUT2D eigenvalue weighted by Crippen LogP contribution is 2.36. The third-order valence-electron chi connectivity index (χ3n) is 7.93. The Morgan fingerprint density at radius 2 is 1.72 bits per heavy atom. The first-order valence-electron chi connectivity index (χ1n) is 15.0. The molecule has 0 atom stereocenters. The van der Waals surface area contributed by atoms with Crippen molar-refractivity contribution >= 4 is 40.6 Å². The van der Waals surface area contributed by atoms with Gasteiger partial charge in [-0.25, -0.2) is 4.68 Å². The summed E-state index contributed by atoms with van der Waals surface area (Å²) in [6.45, 7) is 2.43. The molecule has 0 aliphatic carbocycles. The third kappa shape index (κ3) is 8.38. The van der Waals surface area contributed by atoms with Crippen LogP contribution in [0.25, 0.3) is 5.69 Å². The molecule has 1 saturated heterocycles. The molecule has 1 aliphatic rings. The highest BCUT2D eigenvalue weighted by molar-refractivity contribution is 6.31. The van der Waals surface area contributed by atoms with Crippen LogP contribution < -0.4 is 10.2 Å². The predicted octanol–water partition coefficient (Wildman–Crippen LogP) is 6.92. The Hall–Kier alpha value is -4.68. The number of alkyl halides is 3. The molecule has 0 bridgehead atoms. The topological polar surface area (TPSA) is 108 Å². The van der Waals surface area contributed by atoms with Gasteiger partial charge in [0.15, 0.2) is 5.78 Å². The normalized spacial score (nSPS) is 13.5. The molecule has 1 aromatic heterocycles. The Labute approximate surface area is 274 Å². The van der Waals surface area contributed by atoms with E-state index < -0.39 is 34.4 Å². The number of halogens is 4. The summed E-state index contributed by atoms with van der Waals surface area (Å²) < 4.78 is 41.6. The van der Waals surface area contributed by atoms with Crippen molar-refractivity contribution in [3.8, 4) is 5.69 Å². The first kappa shape index (κ1) is 33.7. The van der Waals surface area contributed by atoms with Gasteiger partial charge in [0.05, 0.1) is 40.1 Å². The van der Waals surface area contributed by atoms with Crippen molar-refractivity contribution in [2.75, 3.05) is 36.9 Å². The number of ketones is 1. The molecule has 4 aromatic rings. The Morgan fingerprint density at radius 3 is 2.45 bits per heavy atom. The fourth-order valence-corrected chi connectivity index (χ4v) is 5.70. The van der Waals surface area contributed by atoms with Crippen molar-refractivity contribution in [2.24, 2.45) is 0 Å². The van der Waals surface area contributed by atoms with Crippen molar-refractivity contribution in [3.63, 3.8) is 0 Å². The van der Waals surface area contributed by atoms with Crippen LogP contribution in [0, 0.1) is 0 Å². The number of anilines is 2. The number of amides is 1. The molecular weight excluding hydrogens is 635 g/mol. The minimum atomic E-state index is -4.67. The summed E-state index contributed by atoms with van der Waals surface area (Å²) in [5.41, 5.74) is 1.62. The summed E-state index contributed by atoms with van der Waals surface area (Å²) in [5, 5.41) is 15.5. The molecule has 2 N–H and O–H groups in total. The van der Waals surface area contributed by atoms with E-state index in [2.05, 4.69) is 15.3 Å². The number of nitrogens with one attached hydrogen (secondary N) is 1. The minimum Gasteiger partial charge on any atom is -0.481 e. The lowest BCUT2D eigenvalue weighted by atomic mass is 10.0. The van der Waals surface area contributed by atoms with E-state index >= 15 is 0 Å². The molecule has 1 fully saturated rings. The molecule has 9 nitrogen and oxygen atoms in total. The summed E-state index contributed by atoms with van der Waals surface area (Å²) in [7, 11) is 1.79. The van der Waals surface area contributed by atoms with Crippen LogP contribution in [0.2, 0.25) is 5.02 Å². The van der Waals surface area contributed by atoms with Crippen molar-refractivity contribution in [3.05, 3.63) is 106 Å². The maximum atomic E-state index is 14.0. The molecule has 13 heteroatoms. The Morgan fingerprint density at radius 1 is 0.979 bits per heavy atom. The second-order valence-corrected chi connectivity index (χ2v) is 11.9. The number of aromatic nitrogens is 2. The van der Waals surface area contributed by atoms with Crippen LogP contribution >= 0.6 is 11.6 Å². The zero-order valence-electron chi connectivity index (χ0n) is 25.6. The maximum absolute atomic E-state index is 14.0. The van der Waals surface area contributed by atoms with E-state index in [1.165, 1.54) is 23.1 Å². The average Bonchev–Trinajstić information content (AvgIpc) is 3.54. The van der Waals surface area contributed by atoms with E-state index in [9.17, 15) is 27.6 Å². The predicted molar refractivity (Wildman–Crippen MR) is 172 cm³/mol. The minimum absolute atomic E-state index is 0.00585. The van der Waals surface area contributed by atoms with Gasteiger partial charge in [0.25, 0.3) is 5.91 Å². The van der Waals surface area contributed by atoms with Crippen LogP contribution in [0.1, 0.15) is 63.1 Å². The highest BCUT2D eigenvalue weighted by Gasteiger charge is 2.33. The number of nitrogens with zero attached hydrogens (tertiary/aromatic N) is 4. The summed E-state index contributed by atoms with van der Waals surface area (Å²) in [5.74, 6) is -1.81. The van der Waals surface area contributed by atoms with Crippen LogP contribution in [0.15, 0.2) is 73.1 Å². The largest absolute Gasteiger partial charge is 0.481 e. The first-order chi connectivity index (χ1) is 22.4. The van der Waals surface area contributed by atoms with Gasteiger partial charge in [0.1, 0.15) is 0 Å². The third-order valence-corrected chi connectivity index (χ3v) is 8.26. The monoisotopic (exact) mass is 667 g/mol. The van der Waals surface area contributed by atoms with Crippen LogP contribution in [-0.4, -0.2) is 64.1 Å². The molecule has 246 valence electrons. The molecular formula is C34H33ClF3N5O4. The van der Waals surface area contributed by atoms with Gasteiger partial charge in [-0.15, -0.1) is 0 Å².